The first kappa shape index (κ1) is 12.4. The van der Waals surface area contributed by atoms with E-state index in [2.05, 4.69) is 0 Å². The molecule has 0 heterocycles. The smallest absolute Gasteiger partial charge is 0.384 e. The summed E-state index contributed by atoms with van der Waals surface area (Å²) in [5.41, 5.74) is 0. The number of alkyl halides is 3. The molecular formula is C8H13F3O2. The van der Waals surface area contributed by atoms with E-state index in [-0.39, 0.29) is 18.1 Å². The van der Waals surface area contributed by atoms with Crippen molar-refractivity contribution in [3.05, 3.63) is 0 Å². The molecule has 0 fully saturated rings. The minimum absolute atomic E-state index is 0.224. The van der Waals surface area contributed by atoms with Gasteiger partial charge in [-0.25, -0.2) is 0 Å². The Hall–Kier alpha value is -0.580. The summed E-state index contributed by atoms with van der Waals surface area (Å²) in [6.07, 6.45) is -7.76. The highest BCUT2D eigenvalue weighted by Gasteiger charge is 2.37. The Kier molecular flexibility index (Phi) is 4.39. The van der Waals surface area contributed by atoms with Gasteiger partial charge in [-0.1, -0.05) is 13.8 Å². The number of hydrogen-bond donors (Lipinski definition) is 1. The van der Waals surface area contributed by atoms with Crippen molar-refractivity contribution in [1.29, 1.82) is 0 Å². The summed E-state index contributed by atoms with van der Waals surface area (Å²) in [5.74, 6) is -0.538. The highest BCUT2D eigenvalue weighted by Crippen LogP contribution is 2.23. The Labute approximate surface area is 74.7 Å². The summed E-state index contributed by atoms with van der Waals surface area (Å²) < 4.78 is 35.2. The molecule has 0 aliphatic rings. The first-order valence-electron chi connectivity index (χ1n) is 4.02. The monoisotopic (exact) mass is 198 g/mol. The molecule has 0 saturated carbocycles. The zero-order valence-electron chi connectivity index (χ0n) is 7.56. The Morgan fingerprint density at radius 1 is 1.38 bits per heavy atom. The number of rotatable bonds is 4. The van der Waals surface area contributed by atoms with Gasteiger partial charge in [0.2, 0.25) is 0 Å². The number of aliphatic hydroxyl groups is 1. The lowest BCUT2D eigenvalue weighted by molar-refractivity contribution is -0.205. The summed E-state index contributed by atoms with van der Waals surface area (Å²) >= 11 is 0. The van der Waals surface area contributed by atoms with Crippen molar-refractivity contribution in [3.63, 3.8) is 0 Å². The van der Waals surface area contributed by atoms with Crippen molar-refractivity contribution in [2.75, 3.05) is 0 Å². The third kappa shape index (κ3) is 4.87. The summed E-state index contributed by atoms with van der Waals surface area (Å²) in [4.78, 5) is 10.9. The van der Waals surface area contributed by atoms with Crippen LogP contribution < -0.4 is 0 Å². The zero-order valence-corrected chi connectivity index (χ0v) is 7.56. The SMILES string of the molecule is CC(C)C(=O)CC[C@@H](O)C(F)(F)F. The maximum atomic E-state index is 11.7. The molecule has 0 saturated heterocycles. The van der Waals surface area contributed by atoms with Crippen molar-refractivity contribution in [2.24, 2.45) is 5.92 Å². The van der Waals surface area contributed by atoms with Gasteiger partial charge in [0, 0.05) is 12.3 Å². The van der Waals surface area contributed by atoms with Gasteiger partial charge in [0.1, 0.15) is 11.9 Å². The number of ketones is 1. The standard InChI is InChI=1S/C8H13F3O2/c1-5(2)6(12)3-4-7(13)8(9,10)11/h5,7,13H,3-4H2,1-2H3/t7-/m1/s1. The minimum Gasteiger partial charge on any atom is -0.384 e. The average molecular weight is 198 g/mol. The topological polar surface area (TPSA) is 37.3 Å². The Bertz CT molecular complexity index is 175. The van der Waals surface area contributed by atoms with Gasteiger partial charge in [0.25, 0.3) is 0 Å². The molecule has 1 atom stereocenters. The number of carbonyl (C=O) groups excluding carboxylic acids is 1. The molecule has 0 radical (unpaired) electrons. The van der Waals surface area contributed by atoms with Crippen LogP contribution in [0.1, 0.15) is 26.7 Å². The molecule has 0 aromatic heterocycles. The predicted octanol–water partition coefficient (Wildman–Crippen LogP) is 1.91. The lowest BCUT2D eigenvalue weighted by atomic mass is 10.0. The molecule has 0 rings (SSSR count). The molecule has 0 amide bonds. The number of hydrogen-bond acceptors (Lipinski definition) is 2. The van der Waals surface area contributed by atoms with Crippen LogP contribution in [0.4, 0.5) is 13.2 Å². The molecular weight excluding hydrogens is 185 g/mol. The molecule has 0 aliphatic carbocycles. The van der Waals surface area contributed by atoms with Gasteiger partial charge in [-0.3, -0.25) is 4.79 Å². The van der Waals surface area contributed by atoms with Gasteiger partial charge in [-0.2, -0.15) is 13.2 Å². The van der Waals surface area contributed by atoms with Crippen molar-refractivity contribution in [2.45, 2.75) is 39.0 Å². The van der Waals surface area contributed by atoms with E-state index in [0.717, 1.165) is 0 Å². The summed E-state index contributed by atoms with van der Waals surface area (Å²) in [7, 11) is 0. The minimum atomic E-state index is -4.61. The fraction of sp³-hybridized carbons (Fsp3) is 0.875. The highest BCUT2D eigenvalue weighted by atomic mass is 19.4. The van der Waals surface area contributed by atoms with Crippen molar-refractivity contribution >= 4 is 5.78 Å². The number of halogens is 3. The van der Waals surface area contributed by atoms with Crippen LogP contribution in [0.5, 0.6) is 0 Å². The third-order valence-electron chi connectivity index (χ3n) is 1.69. The second kappa shape index (κ2) is 4.60. The van der Waals surface area contributed by atoms with E-state index in [0.29, 0.717) is 0 Å². The van der Waals surface area contributed by atoms with Crippen LogP contribution >= 0.6 is 0 Å². The van der Waals surface area contributed by atoms with E-state index >= 15 is 0 Å². The second-order valence-corrected chi connectivity index (χ2v) is 3.22. The fourth-order valence-corrected chi connectivity index (χ4v) is 0.731. The van der Waals surface area contributed by atoms with E-state index in [9.17, 15) is 18.0 Å². The largest absolute Gasteiger partial charge is 0.414 e. The van der Waals surface area contributed by atoms with Crippen molar-refractivity contribution < 1.29 is 23.1 Å². The Balaban J connectivity index is 3.84. The second-order valence-electron chi connectivity index (χ2n) is 3.22. The van der Waals surface area contributed by atoms with E-state index in [1.165, 1.54) is 0 Å². The summed E-state index contributed by atoms with van der Waals surface area (Å²) in [5, 5.41) is 8.54. The normalized spacial score (nSPS) is 14.7. The van der Waals surface area contributed by atoms with Gasteiger partial charge < -0.3 is 5.11 Å². The molecule has 1 N–H and O–H groups in total. The maximum Gasteiger partial charge on any atom is 0.414 e. The molecule has 0 spiro atoms. The molecule has 78 valence electrons. The molecule has 5 heteroatoms. The van der Waals surface area contributed by atoms with Gasteiger partial charge >= 0.3 is 6.18 Å². The van der Waals surface area contributed by atoms with Gasteiger partial charge in [0.15, 0.2) is 0 Å². The Morgan fingerprint density at radius 2 is 1.85 bits per heavy atom. The number of Topliss-reactive ketones (excluding diaryl/α,β-unsaturated/α-hetero) is 1. The van der Waals surface area contributed by atoms with Crippen molar-refractivity contribution in [3.8, 4) is 0 Å². The molecule has 0 unspecified atom stereocenters. The lowest BCUT2D eigenvalue weighted by Gasteiger charge is -2.14. The molecule has 0 bridgehead atoms. The van der Waals surface area contributed by atoms with Crippen LogP contribution in [0, 0.1) is 5.92 Å². The molecule has 0 aliphatic heterocycles. The fourth-order valence-electron chi connectivity index (χ4n) is 0.731. The first-order chi connectivity index (χ1) is 5.75. The molecule has 0 aromatic carbocycles. The maximum absolute atomic E-state index is 11.7. The molecule has 0 aromatic rings. The summed E-state index contributed by atoms with van der Waals surface area (Å²) in [6, 6.07) is 0. The first-order valence-corrected chi connectivity index (χ1v) is 4.02. The highest BCUT2D eigenvalue weighted by molar-refractivity contribution is 5.80. The molecule has 13 heavy (non-hydrogen) atoms. The van der Waals surface area contributed by atoms with E-state index < -0.39 is 18.7 Å². The summed E-state index contributed by atoms with van der Waals surface area (Å²) in [6.45, 7) is 3.23. The quantitative estimate of drug-likeness (QED) is 0.749. The van der Waals surface area contributed by atoms with Gasteiger partial charge in [0.05, 0.1) is 0 Å². The Morgan fingerprint density at radius 3 is 2.15 bits per heavy atom. The third-order valence-corrected chi connectivity index (χ3v) is 1.69. The predicted molar refractivity (Wildman–Crippen MR) is 41.1 cm³/mol. The van der Waals surface area contributed by atoms with E-state index in [4.69, 9.17) is 5.11 Å². The van der Waals surface area contributed by atoms with Crippen LogP contribution in [0.2, 0.25) is 0 Å². The van der Waals surface area contributed by atoms with Crippen LogP contribution in [0.3, 0.4) is 0 Å². The van der Waals surface area contributed by atoms with Crippen molar-refractivity contribution in [1.82, 2.24) is 0 Å². The van der Waals surface area contributed by atoms with Gasteiger partial charge in [-0.05, 0) is 6.42 Å². The van der Waals surface area contributed by atoms with Gasteiger partial charge in [-0.15, -0.1) is 0 Å². The van der Waals surface area contributed by atoms with E-state index in [1.54, 1.807) is 13.8 Å². The zero-order chi connectivity index (χ0) is 10.6. The van der Waals surface area contributed by atoms with Crippen LogP contribution in [0.25, 0.3) is 0 Å². The molecule has 2 nitrogen and oxygen atoms in total. The number of aliphatic hydroxyl groups excluding tert-OH is 1. The average Bonchev–Trinajstić information content (AvgIpc) is 1.97. The van der Waals surface area contributed by atoms with Crippen LogP contribution in [-0.2, 0) is 4.79 Å². The van der Waals surface area contributed by atoms with Crippen LogP contribution in [-0.4, -0.2) is 23.2 Å². The van der Waals surface area contributed by atoms with Crippen LogP contribution in [0.15, 0.2) is 0 Å². The lowest BCUT2D eigenvalue weighted by Crippen LogP contribution is -2.29. The number of carbonyl (C=O) groups is 1. The van der Waals surface area contributed by atoms with E-state index in [1.807, 2.05) is 0 Å².